The third kappa shape index (κ3) is 4.42. The van der Waals surface area contributed by atoms with E-state index < -0.39 is 0 Å². The van der Waals surface area contributed by atoms with Crippen molar-refractivity contribution in [2.24, 2.45) is 0 Å². The lowest BCUT2D eigenvalue weighted by Gasteiger charge is -2.43. The Morgan fingerprint density at radius 3 is 2.52 bits per heavy atom. The molecule has 0 spiro atoms. The highest BCUT2D eigenvalue weighted by Gasteiger charge is 2.36. The summed E-state index contributed by atoms with van der Waals surface area (Å²) in [6.07, 6.45) is 5.70. The van der Waals surface area contributed by atoms with Gasteiger partial charge in [-0.3, -0.25) is 9.69 Å². The summed E-state index contributed by atoms with van der Waals surface area (Å²) in [4.78, 5) is 28.5. The van der Waals surface area contributed by atoms with E-state index in [1.54, 1.807) is 12.4 Å². The number of carbonyl (C=O) groups excluding carboxylic acids is 1. The summed E-state index contributed by atoms with van der Waals surface area (Å²) in [6, 6.07) is 7.83. The summed E-state index contributed by atoms with van der Waals surface area (Å²) in [6.45, 7) is 12.5. The average molecular weight is 422 g/mol. The monoisotopic (exact) mass is 421 g/mol. The van der Waals surface area contributed by atoms with Gasteiger partial charge in [-0.15, -0.1) is 0 Å². The minimum Gasteiger partial charge on any atom is -0.494 e. The van der Waals surface area contributed by atoms with Crippen LogP contribution < -0.4 is 14.5 Å². The minimum atomic E-state index is -0.388. The van der Waals surface area contributed by atoms with Crippen molar-refractivity contribution in [2.75, 3.05) is 49.1 Å². The molecule has 2 aliphatic heterocycles. The van der Waals surface area contributed by atoms with Crippen molar-refractivity contribution in [2.45, 2.75) is 33.2 Å². The molecule has 1 saturated heterocycles. The largest absolute Gasteiger partial charge is 0.494 e. The molecular formula is C24H31N5O2. The molecule has 3 heterocycles. The minimum absolute atomic E-state index is 0.114. The molecule has 1 aromatic carbocycles. The fourth-order valence-electron chi connectivity index (χ4n) is 4.54. The number of rotatable bonds is 5. The number of hydrogen-bond donors (Lipinski definition) is 0. The Bertz CT molecular complexity index is 965. The first kappa shape index (κ1) is 21.3. The predicted octanol–water partition coefficient (Wildman–Crippen LogP) is 3.23. The van der Waals surface area contributed by atoms with E-state index in [0.29, 0.717) is 13.2 Å². The molecule has 2 aromatic rings. The highest BCUT2D eigenvalue weighted by molar-refractivity contribution is 6.01. The number of benzene rings is 1. The van der Waals surface area contributed by atoms with E-state index in [0.717, 1.165) is 49.1 Å². The van der Waals surface area contributed by atoms with Crippen LogP contribution in [0.2, 0.25) is 0 Å². The van der Waals surface area contributed by atoms with E-state index in [4.69, 9.17) is 4.74 Å². The van der Waals surface area contributed by atoms with Gasteiger partial charge < -0.3 is 14.5 Å². The molecule has 0 bridgehead atoms. The Morgan fingerprint density at radius 2 is 1.84 bits per heavy atom. The van der Waals surface area contributed by atoms with Crippen molar-refractivity contribution in [3.05, 3.63) is 48.3 Å². The number of piperazine rings is 1. The van der Waals surface area contributed by atoms with Gasteiger partial charge in [-0.05, 0) is 57.5 Å². The zero-order valence-corrected chi connectivity index (χ0v) is 18.8. The SMILES string of the molecule is CCOc1ccc2c(c1)C(C)=CC(C)(C)N2C(=O)CN1CCN(c2ncccn2)CC1. The van der Waals surface area contributed by atoms with Gasteiger partial charge in [0.05, 0.1) is 24.4 Å². The van der Waals surface area contributed by atoms with Gasteiger partial charge in [0.1, 0.15) is 5.75 Å². The molecule has 0 aliphatic carbocycles. The number of amides is 1. The average Bonchev–Trinajstić information content (AvgIpc) is 2.75. The Morgan fingerprint density at radius 1 is 1.13 bits per heavy atom. The molecular weight excluding hydrogens is 390 g/mol. The topological polar surface area (TPSA) is 61.8 Å². The standard InChI is InChI=1S/C24H31N5O2/c1-5-31-19-7-8-21-20(15-19)18(2)16-24(3,4)29(21)22(30)17-27-11-13-28(14-12-27)23-25-9-6-10-26-23/h6-10,15-16H,5,11-14,17H2,1-4H3. The van der Waals surface area contributed by atoms with Crippen molar-refractivity contribution >= 4 is 23.1 Å². The molecule has 7 heteroatoms. The quantitative estimate of drug-likeness (QED) is 0.739. The Kier molecular flexibility index (Phi) is 5.96. The van der Waals surface area contributed by atoms with Gasteiger partial charge in [0.25, 0.3) is 0 Å². The molecule has 2 aliphatic rings. The molecule has 31 heavy (non-hydrogen) atoms. The van der Waals surface area contributed by atoms with Crippen LogP contribution in [0.1, 0.15) is 33.3 Å². The fourth-order valence-corrected chi connectivity index (χ4v) is 4.54. The zero-order chi connectivity index (χ0) is 22.0. The maximum Gasteiger partial charge on any atom is 0.241 e. The van der Waals surface area contributed by atoms with Gasteiger partial charge >= 0.3 is 0 Å². The molecule has 1 aromatic heterocycles. The Hall–Kier alpha value is -2.93. The molecule has 164 valence electrons. The second-order valence-electron chi connectivity index (χ2n) is 8.63. The molecule has 7 nitrogen and oxygen atoms in total. The van der Waals surface area contributed by atoms with Crippen LogP contribution in [0.4, 0.5) is 11.6 Å². The number of ether oxygens (including phenoxy) is 1. The van der Waals surface area contributed by atoms with E-state index in [9.17, 15) is 4.79 Å². The van der Waals surface area contributed by atoms with Gasteiger partial charge in [0, 0.05) is 44.1 Å². The van der Waals surface area contributed by atoms with Crippen LogP contribution in [-0.2, 0) is 4.79 Å². The van der Waals surface area contributed by atoms with E-state index in [1.807, 2.05) is 36.1 Å². The van der Waals surface area contributed by atoms with Crippen LogP contribution >= 0.6 is 0 Å². The zero-order valence-electron chi connectivity index (χ0n) is 18.8. The molecule has 1 amide bonds. The van der Waals surface area contributed by atoms with Crippen molar-refractivity contribution < 1.29 is 9.53 Å². The van der Waals surface area contributed by atoms with E-state index in [1.165, 1.54) is 5.57 Å². The number of carbonyl (C=O) groups is 1. The highest BCUT2D eigenvalue weighted by atomic mass is 16.5. The highest BCUT2D eigenvalue weighted by Crippen LogP contribution is 2.40. The van der Waals surface area contributed by atoms with E-state index in [2.05, 4.69) is 46.6 Å². The first-order chi connectivity index (χ1) is 14.9. The summed E-state index contributed by atoms with van der Waals surface area (Å²) >= 11 is 0. The van der Waals surface area contributed by atoms with Gasteiger partial charge in [-0.2, -0.15) is 0 Å². The van der Waals surface area contributed by atoms with Gasteiger partial charge in [0.2, 0.25) is 11.9 Å². The van der Waals surface area contributed by atoms with Gasteiger partial charge in [-0.25, -0.2) is 9.97 Å². The molecule has 4 rings (SSSR count). The number of aromatic nitrogens is 2. The first-order valence-electron chi connectivity index (χ1n) is 10.9. The lowest BCUT2D eigenvalue weighted by Crippen LogP contribution is -2.55. The predicted molar refractivity (Wildman–Crippen MR) is 124 cm³/mol. The van der Waals surface area contributed by atoms with Crippen LogP contribution in [0.5, 0.6) is 5.75 Å². The summed E-state index contributed by atoms with van der Waals surface area (Å²) < 4.78 is 5.68. The van der Waals surface area contributed by atoms with Crippen molar-refractivity contribution in [1.29, 1.82) is 0 Å². The number of fused-ring (bicyclic) bond motifs is 1. The van der Waals surface area contributed by atoms with Crippen molar-refractivity contribution in [3.63, 3.8) is 0 Å². The number of hydrogen-bond acceptors (Lipinski definition) is 6. The number of anilines is 2. The molecule has 0 radical (unpaired) electrons. The van der Waals surface area contributed by atoms with Crippen LogP contribution in [-0.4, -0.2) is 65.6 Å². The summed E-state index contributed by atoms with van der Waals surface area (Å²) in [5.41, 5.74) is 2.79. The third-order valence-corrected chi connectivity index (χ3v) is 5.91. The molecule has 0 atom stereocenters. The Balaban J connectivity index is 1.48. The molecule has 0 N–H and O–H groups in total. The van der Waals surface area contributed by atoms with Crippen LogP contribution in [0, 0.1) is 0 Å². The summed E-state index contributed by atoms with van der Waals surface area (Å²) in [5, 5.41) is 0. The van der Waals surface area contributed by atoms with Gasteiger partial charge in [-0.1, -0.05) is 6.08 Å². The summed E-state index contributed by atoms with van der Waals surface area (Å²) in [7, 11) is 0. The first-order valence-corrected chi connectivity index (χ1v) is 10.9. The van der Waals surface area contributed by atoms with Crippen LogP contribution in [0.15, 0.2) is 42.7 Å². The van der Waals surface area contributed by atoms with Crippen molar-refractivity contribution in [3.8, 4) is 5.75 Å². The van der Waals surface area contributed by atoms with Crippen molar-refractivity contribution in [1.82, 2.24) is 14.9 Å². The fraction of sp³-hybridized carbons (Fsp3) is 0.458. The third-order valence-electron chi connectivity index (χ3n) is 5.91. The maximum atomic E-state index is 13.5. The molecule has 0 saturated carbocycles. The lowest BCUT2D eigenvalue weighted by molar-refractivity contribution is -0.120. The molecule has 0 unspecified atom stereocenters. The van der Waals surface area contributed by atoms with E-state index >= 15 is 0 Å². The second kappa shape index (κ2) is 8.67. The number of allylic oxidation sites excluding steroid dienone is 1. The smallest absolute Gasteiger partial charge is 0.241 e. The number of nitrogens with zero attached hydrogens (tertiary/aromatic N) is 5. The van der Waals surface area contributed by atoms with Crippen LogP contribution in [0.25, 0.3) is 5.57 Å². The Labute approximate surface area is 184 Å². The van der Waals surface area contributed by atoms with Gasteiger partial charge in [0.15, 0.2) is 0 Å². The van der Waals surface area contributed by atoms with Crippen LogP contribution in [0.3, 0.4) is 0 Å². The lowest BCUT2D eigenvalue weighted by atomic mass is 9.88. The normalized spacial score (nSPS) is 18.4. The maximum absolute atomic E-state index is 13.5. The summed E-state index contributed by atoms with van der Waals surface area (Å²) in [5.74, 6) is 1.70. The second-order valence-corrected chi connectivity index (χ2v) is 8.63. The van der Waals surface area contributed by atoms with E-state index in [-0.39, 0.29) is 11.4 Å². The molecule has 1 fully saturated rings.